The molecule has 2 aromatic rings. The number of anilines is 2. The van der Waals surface area contributed by atoms with E-state index in [0.717, 1.165) is 21.3 Å². The van der Waals surface area contributed by atoms with Gasteiger partial charge in [0.2, 0.25) is 5.91 Å². The summed E-state index contributed by atoms with van der Waals surface area (Å²) >= 11 is 9.45. The Labute approximate surface area is 137 Å². The van der Waals surface area contributed by atoms with Gasteiger partial charge in [-0.15, -0.1) is 0 Å². The quantitative estimate of drug-likeness (QED) is 0.817. The monoisotopic (exact) mass is 366 g/mol. The van der Waals surface area contributed by atoms with E-state index in [9.17, 15) is 4.79 Å². The lowest BCUT2D eigenvalue weighted by Gasteiger charge is -2.11. The number of halogens is 2. The van der Waals surface area contributed by atoms with Crippen molar-refractivity contribution in [3.8, 4) is 0 Å². The first-order valence-electron chi connectivity index (χ1n) is 6.52. The van der Waals surface area contributed by atoms with Gasteiger partial charge in [-0.25, -0.2) is 0 Å². The normalized spacial score (nSPS) is 10.3. The van der Waals surface area contributed by atoms with Gasteiger partial charge in [-0.1, -0.05) is 33.6 Å². The zero-order valence-electron chi connectivity index (χ0n) is 11.8. The van der Waals surface area contributed by atoms with Crippen LogP contribution in [0.1, 0.15) is 11.1 Å². The molecule has 0 aliphatic carbocycles. The second kappa shape index (κ2) is 6.96. The molecule has 0 heterocycles. The molecule has 0 bridgehead atoms. The summed E-state index contributed by atoms with van der Waals surface area (Å²) < 4.78 is 1.02. The summed E-state index contributed by atoms with van der Waals surface area (Å²) in [7, 11) is 0. The summed E-state index contributed by atoms with van der Waals surface area (Å²) in [6.07, 6.45) is 0. The van der Waals surface area contributed by atoms with Crippen LogP contribution in [0.5, 0.6) is 0 Å². The zero-order valence-corrected chi connectivity index (χ0v) is 14.2. The van der Waals surface area contributed by atoms with Crippen molar-refractivity contribution < 1.29 is 4.79 Å². The van der Waals surface area contributed by atoms with Crippen LogP contribution in [0.2, 0.25) is 5.02 Å². The Morgan fingerprint density at radius 1 is 1.14 bits per heavy atom. The Hall–Kier alpha value is -1.52. The first kappa shape index (κ1) is 15.9. The number of rotatable bonds is 4. The van der Waals surface area contributed by atoms with Gasteiger partial charge in [0.1, 0.15) is 0 Å². The Kier molecular flexibility index (Phi) is 5.26. The average Bonchev–Trinajstić information content (AvgIpc) is 2.42. The molecule has 110 valence electrons. The summed E-state index contributed by atoms with van der Waals surface area (Å²) in [4.78, 5) is 11.9. The van der Waals surface area contributed by atoms with E-state index in [4.69, 9.17) is 11.6 Å². The molecule has 0 atom stereocenters. The number of nitrogens with one attached hydrogen (secondary N) is 2. The third-order valence-electron chi connectivity index (χ3n) is 3.08. The van der Waals surface area contributed by atoms with Crippen LogP contribution in [-0.4, -0.2) is 12.5 Å². The molecule has 0 aromatic heterocycles. The van der Waals surface area contributed by atoms with Gasteiger partial charge in [0.25, 0.3) is 0 Å². The minimum Gasteiger partial charge on any atom is -0.376 e. The number of hydrogen-bond acceptors (Lipinski definition) is 2. The highest BCUT2D eigenvalue weighted by molar-refractivity contribution is 9.10. The average molecular weight is 368 g/mol. The van der Waals surface area contributed by atoms with Gasteiger partial charge < -0.3 is 10.6 Å². The van der Waals surface area contributed by atoms with Crippen molar-refractivity contribution in [3.63, 3.8) is 0 Å². The Morgan fingerprint density at radius 3 is 2.57 bits per heavy atom. The van der Waals surface area contributed by atoms with Crippen LogP contribution in [0.15, 0.2) is 40.9 Å². The van der Waals surface area contributed by atoms with Crippen LogP contribution in [0.3, 0.4) is 0 Å². The van der Waals surface area contributed by atoms with Crippen LogP contribution in [0.25, 0.3) is 0 Å². The molecular formula is C16H16BrClN2O. The molecule has 2 N–H and O–H groups in total. The zero-order chi connectivity index (χ0) is 15.4. The fourth-order valence-electron chi connectivity index (χ4n) is 1.88. The number of hydrogen-bond donors (Lipinski definition) is 2. The summed E-state index contributed by atoms with van der Waals surface area (Å²) in [6, 6.07) is 11.3. The third-order valence-corrected chi connectivity index (χ3v) is 3.98. The van der Waals surface area contributed by atoms with Gasteiger partial charge >= 0.3 is 0 Å². The lowest BCUT2D eigenvalue weighted by atomic mass is 10.2. The van der Waals surface area contributed by atoms with Crippen molar-refractivity contribution >= 4 is 44.8 Å². The molecular weight excluding hydrogens is 352 g/mol. The van der Waals surface area contributed by atoms with E-state index in [1.54, 1.807) is 6.07 Å². The van der Waals surface area contributed by atoms with Gasteiger partial charge in [0.15, 0.2) is 0 Å². The van der Waals surface area contributed by atoms with Gasteiger partial charge in [-0.3, -0.25) is 4.79 Å². The highest BCUT2D eigenvalue weighted by Gasteiger charge is 2.05. The fraction of sp³-hybridized carbons (Fsp3) is 0.188. The van der Waals surface area contributed by atoms with E-state index in [-0.39, 0.29) is 12.5 Å². The molecule has 0 fully saturated rings. The predicted octanol–water partition coefficient (Wildman–Crippen LogP) is 4.77. The van der Waals surface area contributed by atoms with Crippen molar-refractivity contribution in [3.05, 3.63) is 57.0 Å². The maximum absolute atomic E-state index is 11.9. The van der Waals surface area contributed by atoms with E-state index in [1.165, 1.54) is 0 Å². The molecule has 2 aromatic carbocycles. The van der Waals surface area contributed by atoms with E-state index >= 15 is 0 Å². The summed E-state index contributed by atoms with van der Waals surface area (Å²) in [6.45, 7) is 4.12. The Morgan fingerprint density at radius 2 is 1.90 bits per heavy atom. The molecule has 0 unspecified atom stereocenters. The molecule has 0 spiro atoms. The molecule has 1 amide bonds. The molecule has 0 aliphatic heterocycles. The van der Waals surface area contributed by atoms with Crippen LogP contribution in [0, 0.1) is 13.8 Å². The van der Waals surface area contributed by atoms with E-state index in [2.05, 4.69) is 26.6 Å². The molecule has 21 heavy (non-hydrogen) atoms. The Bertz CT molecular complexity index is 673. The number of benzene rings is 2. The fourth-order valence-corrected chi connectivity index (χ4v) is 2.53. The molecule has 5 heteroatoms. The van der Waals surface area contributed by atoms with Crippen LogP contribution in [0.4, 0.5) is 11.4 Å². The van der Waals surface area contributed by atoms with E-state index in [1.807, 2.05) is 44.2 Å². The second-order valence-electron chi connectivity index (χ2n) is 4.82. The molecule has 0 aliphatic rings. The van der Waals surface area contributed by atoms with Crippen LogP contribution >= 0.6 is 27.5 Å². The van der Waals surface area contributed by atoms with Crippen molar-refractivity contribution in [2.45, 2.75) is 13.8 Å². The van der Waals surface area contributed by atoms with Crippen molar-refractivity contribution in [1.82, 2.24) is 0 Å². The number of carbonyl (C=O) groups is 1. The van der Waals surface area contributed by atoms with Crippen molar-refractivity contribution in [2.24, 2.45) is 0 Å². The predicted molar refractivity (Wildman–Crippen MR) is 92.2 cm³/mol. The van der Waals surface area contributed by atoms with Crippen molar-refractivity contribution in [1.29, 1.82) is 0 Å². The van der Waals surface area contributed by atoms with Crippen LogP contribution < -0.4 is 10.6 Å². The van der Waals surface area contributed by atoms with Gasteiger partial charge in [-0.05, 0) is 55.3 Å². The lowest BCUT2D eigenvalue weighted by Crippen LogP contribution is -2.22. The van der Waals surface area contributed by atoms with Crippen molar-refractivity contribution in [2.75, 3.05) is 17.2 Å². The first-order chi connectivity index (χ1) is 9.95. The molecule has 0 saturated carbocycles. The van der Waals surface area contributed by atoms with Gasteiger partial charge in [-0.2, -0.15) is 0 Å². The number of aryl methyl sites for hydroxylation is 2. The maximum atomic E-state index is 11.9. The van der Waals surface area contributed by atoms with Gasteiger partial charge in [0.05, 0.1) is 6.54 Å². The highest BCUT2D eigenvalue weighted by Crippen LogP contribution is 2.21. The standard InChI is InChI=1S/C16H16BrClN2O/c1-10-3-5-13(8-14(10)18)20-16(21)9-19-15-6-4-12(17)7-11(15)2/h3-8,19H,9H2,1-2H3,(H,20,21). The minimum absolute atomic E-state index is 0.114. The maximum Gasteiger partial charge on any atom is 0.243 e. The smallest absolute Gasteiger partial charge is 0.243 e. The third kappa shape index (κ3) is 4.48. The SMILES string of the molecule is Cc1ccc(NC(=O)CNc2ccc(Br)cc2C)cc1Cl. The molecule has 3 nitrogen and oxygen atoms in total. The second-order valence-corrected chi connectivity index (χ2v) is 6.15. The largest absolute Gasteiger partial charge is 0.376 e. The summed E-state index contributed by atoms with van der Waals surface area (Å²) in [5, 5.41) is 6.58. The van der Waals surface area contributed by atoms with Gasteiger partial charge in [0, 0.05) is 20.9 Å². The minimum atomic E-state index is -0.114. The molecule has 0 saturated heterocycles. The first-order valence-corrected chi connectivity index (χ1v) is 7.69. The molecule has 0 radical (unpaired) electrons. The molecule has 2 rings (SSSR count). The lowest BCUT2D eigenvalue weighted by molar-refractivity contribution is -0.114. The van der Waals surface area contributed by atoms with Crippen LogP contribution in [-0.2, 0) is 4.79 Å². The Balaban J connectivity index is 1.94. The number of carbonyl (C=O) groups excluding carboxylic acids is 1. The summed E-state index contributed by atoms with van der Waals surface area (Å²) in [5.74, 6) is -0.114. The summed E-state index contributed by atoms with van der Waals surface area (Å²) in [5.41, 5.74) is 3.70. The van der Waals surface area contributed by atoms with E-state index in [0.29, 0.717) is 10.7 Å². The topological polar surface area (TPSA) is 41.1 Å². The highest BCUT2D eigenvalue weighted by atomic mass is 79.9. The number of amides is 1. The van der Waals surface area contributed by atoms with E-state index < -0.39 is 0 Å².